The summed E-state index contributed by atoms with van der Waals surface area (Å²) >= 11 is 0. The summed E-state index contributed by atoms with van der Waals surface area (Å²) in [6, 6.07) is 17.4. The highest BCUT2D eigenvalue weighted by molar-refractivity contribution is 5.91. The number of fused-ring (bicyclic) bond motifs is 1. The van der Waals surface area contributed by atoms with E-state index in [1.54, 1.807) is 0 Å². The van der Waals surface area contributed by atoms with Crippen molar-refractivity contribution < 1.29 is 14.4 Å². The standard InChI is InChI=1S/C32H43N3O3/c1-23(2)19-29(30(36)22-35-18-10-15-25-13-6-7-14-26(25)21-35)34-32(38)27-16-8-9-17-28(27)33-31(37)20-24-11-4-3-5-12-24/h3-7,11-14,23,27-29H,8-10,15-22H2,1-2H3,(H,33,37)(H,34,38)/t27-,28+,29+/m1/s1. The summed E-state index contributed by atoms with van der Waals surface area (Å²) in [5, 5.41) is 6.26. The highest BCUT2D eigenvalue weighted by Gasteiger charge is 2.34. The van der Waals surface area contributed by atoms with E-state index in [9.17, 15) is 14.4 Å². The molecule has 6 heteroatoms. The number of nitrogens with one attached hydrogen (secondary N) is 2. The lowest BCUT2D eigenvalue weighted by molar-refractivity contribution is -0.133. The first-order chi connectivity index (χ1) is 18.4. The Morgan fingerprint density at radius 3 is 2.39 bits per heavy atom. The second kappa shape index (κ2) is 13.7. The average Bonchev–Trinajstić information content (AvgIpc) is 3.10. The molecule has 2 aromatic rings. The number of Topliss-reactive ketones (excluding diaryl/α,β-unsaturated/α-hetero) is 1. The van der Waals surface area contributed by atoms with Crippen molar-refractivity contribution in [3.8, 4) is 0 Å². The Hall–Kier alpha value is -2.99. The number of benzene rings is 2. The summed E-state index contributed by atoms with van der Waals surface area (Å²) < 4.78 is 0. The number of amides is 2. The van der Waals surface area contributed by atoms with Crippen LogP contribution in [-0.4, -0.2) is 47.7 Å². The van der Waals surface area contributed by atoms with Crippen molar-refractivity contribution in [3.63, 3.8) is 0 Å². The summed E-state index contributed by atoms with van der Waals surface area (Å²) in [6.45, 7) is 6.15. The van der Waals surface area contributed by atoms with Crippen molar-refractivity contribution in [1.29, 1.82) is 0 Å². The Labute approximate surface area is 227 Å². The molecule has 1 heterocycles. The molecule has 6 nitrogen and oxygen atoms in total. The van der Waals surface area contributed by atoms with Gasteiger partial charge >= 0.3 is 0 Å². The lowest BCUT2D eigenvalue weighted by Crippen LogP contribution is -2.53. The first-order valence-corrected chi connectivity index (χ1v) is 14.3. The number of aryl methyl sites for hydroxylation is 1. The molecule has 1 fully saturated rings. The molecule has 38 heavy (non-hydrogen) atoms. The molecule has 4 rings (SSSR count). The van der Waals surface area contributed by atoms with Gasteiger partial charge < -0.3 is 10.6 Å². The molecule has 0 bridgehead atoms. The molecule has 1 aliphatic carbocycles. The van der Waals surface area contributed by atoms with Gasteiger partial charge in [-0.05, 0) is 61.3 Å². The molecule has 3 atom stereocenters. The summed E-state index contributed by atoms with van der Waals surface area (Å²) in [6.07, 6.45) is 6.45. The van der Waals surface area contributed by atoms with Crippen molar-refractivity contribution in [1.82, 2.24) is 15.5 Å². The molecule has 2 aromatic carbocycles. The van der Waals surface area contributed by atoms with Crippen molar-refractivity contribution in [2.45, 2.75) is 83.8 Å². The van der Waals surface area contributed by atoms with Crippen LogP contribution in [0.1, 0.15) is 69.1 Å². The molecule has 2 N–H and O–H groups in total. The SMILES string of the molecule is CC(C)C[C@H](NC(=O)[C@@H]1CCCC[C@@H]1NC(=O)Cc1ccccc1)C(=O)CN1CCCc2ccccc2C1. The van der Waals surface area contributed by atoms with Crippen molar-refractivity contribution >= 4 is 17.6 Å². The topological polar surface area (TPSA) is 78.5 Å². The van der Waals surface area contributed by atoms with Crippen LogP contribution in [-0.2, 0) is 33.8 Å². The monoisotopic (exact) mass is 517 g/mol. The number of hydrogen-bond donors (Lipinski definition) is 2. The fraction of sp³-hybridized carbons (Fsp3) is 0.531. The van der Waals surface area contributed by atoms with E-state index in [0.717, 1.165) is 57.2 Å². The van der Waals surface area contributed by atoms with Gasteiger partial charge in [0.15, 0.2) is 5.78 Å². The maximum absolute atomic E-state index is 13.5. The van der Waals surface area contributed by atoms with Crippen LogP contribution in [0.4, 0.5) is 0 Å². The second-order valence-corrected chi connectivity index (χ2v) is 11.5. The fourth-order valence-corrected chi connectivity index (χ4v) is 5.91. The van der Waals surface area contributed by atoms with Crippen LogP contribution in [0.25, 0.3) is 0 Å². The molecule has 1 aliphatic heterocycles. The van der Waals surface area contributed by atoms with Gasteiger partial charge in [-0.1, -0.05) is 81.3 Å². The van der Waals surface area contributed by atoms with Gasteiger partial charge in [0, 0.05) is 12.6 Å². The zero-order chi connectivity index (χ0) is 26.9. The average molecular weight is 518 g/mol. The maximum Gasteiger partial charge on any atom is 0.225 e. The van der Waals surface area contributed by atoms with Gasteiger partial charge in [-0.15, -0.1) is 0 Å². The molecular formula is C32H43N3O3. The maximum atomic E-state index is 13.5. The number of nitrogens with zero attached hydrogens (tertiary/aromatic N) is 1. The van der Waals surface area contributed by atoms with E-state index in [1.165, 1.54) is 11.1 Å². The molecular weight excluding hydrogens is 474 g/mol. The normalized spacial score (nSPS) is 20.7. The highest BCUT2D eigenvalue weighted by Crippen LogP contribution is 2.26. The minimum atomic E-state index is -0.511. The molecule has 1 saturated carbocycles. The van der Waals surface area contributed by atoms with Gasteiger partial charge in [0.2, 0.25) is 11.8 Å². The van der Waals surface area contributed by atoms with Crippen LogP contribution in [0.3, 0.4) is 0 Å². The van der Waals surface area contributed by atoms with Crippen LogP contribution in [0.2, 0.25) is 0 Å². The van der Waals surface area contributed by atoms with Crippen LogP contribution in [0.15, 0.2) is 54.6 Å². The third-order valence-electron chi connectivity index (χ3n) is 7.88. The van der Waals surface area contributed by atoms with Crippen molar-refractivity contribution in [2.75, 3.05) is 13.1 Å². The summed E-state index contributed by atoms with van der Waals surface area (Å²) in [4.78, 5) is 42.0. The Kier molecular flexibility index (Phi) is 10.1. The lowest BCUT2D eigenvalue weighted by Gasteiger charge is -2.33. The van der Waals surface area contributed by atoms with Gasteiger partial charge in [-0.2, -0.15) is 0 Å². The van der Waals surface area contributed by atoms with Gasteiger partial charge in [-0.3, -0.25) is 19.3 Å². The largest absolute Gasteiger partial charge is 0.352 e. The Bertz CT molecular complexity index is 1080. The number of ketones is 1. The molecule has 0 unspecified atom stereocenters. The first kappa shape index (κ1) is 28.0. The van der Waals surface area contributed by atoms with E-state index >= 15 is 0 Å². The molecule has 2 aliphatic rings. The molecule has 204 valence electrons. The van der Waals surface area contributed by atoms with Crippen LogP contribution >= 0.6 is 0 Å². The zero-order valence-corrected chi connectivity index (χ0v) is 23.0. The molecule has 2 amide bonds. The van der Waals surface area contributed by atoms with Crippen LogP contribution in [0.5, 0.6) is 0 Å². The van der Waals surface area contributed by atoms with Gasteiger partial charge in [0.25, 0.3) is 0 Å². The van der Waals surface area contributed by atoms with Gasteiger partial charge in [0.05, 0.1) is 24.9 Å². The van der Waals surface area contributed by atoms with E-state index in [0.29, 0.717) is 19.4 Å². The smallest absolute Gasteiger partial charge is 0.225 e. The Balaban J connectivity index is 1.38. The zero-order valence-electron chi connectivity index (χ0n) is 23.0. The summed E-state index contributed by atoms with van der Waals surface area (Å²) in [5.41, 5.74) is 3.62. The van der Waals surface area contributed by atoms with Crippen molar-refractivity contribution in [3.05, 3.63) is 71.3 Å². The Morgan fingerprint density at radius 1 is 0.921 bits per heavy atom. The van der Waals surface area contributed by atoms with Crippen molar-refractivity contribution in [2.24, 2.45) is 11.8 Å². The van der Waals surface area contributed by atoms with Crippen LogP contribution in [0, 0.1) is 11.8 Å². The minimum Gasteiger partial charge on any atom is -0.352 e. The quantitative estimate of drug-likeness (QED) is 0.488. The molecule has 0 radical (unpaired) electrons. The van der Waals surface area contributed by atoms with E-state index < -0.39 is 6.04 Å². The number of hydrogen-bond acceptors (Lipinski definition) is 4. The predicted molar refractivity (Wildman–Crippen MR) is 150 cm³/mol. The Morgan fingerprint density at radius 2 is 1.63 bits per heavy atom. The molecule has 0 spiro atoms. The van der Waals surface area contributed by atoms with E-state index in [-0.39, 0.29) is 35.5 Å². The van der Waals surface area contributed by atoms with Crippen LogP contribution < -0.4 is 10.6 Å². The summed E-state index contributed by atoms with van der Waals surface area (Å²) in [5.74, 6) is -0.114. The number of carbonyl (C=O) groups is 3. The highest BCUT2D eigenvalue weighted by atomic mass is 16.2. The first-order valence-electron chi connectivity index (χ1n) is 14.3. The molecule has 0 saturated heterocycles. The predicted octanol–water partition coefficient (Wildman–Crippen LogP) is 4.45. The van der Waals surface area contributed by atoms with E-state index in [4.69, 9.17) is 0 Å². The second-order valence-electron chi connectivity index (χ2n) is 11.5. The third-order valence-corrected chi connectivity index (χ3v) is 7.88. The van der Waals surface area contributed by atoms with Gasteiger partial charge in [0.1, 0.15) is 0 Å². The lowest BCUT2D eigenvalue weighted by atomic mass is 9.83. The fourth-order valence-electron chi connectivity index (χ4n) is 5.91. The summed E-state index contributed by atoms with van der Waals surface area (Å²) in [7, 11) is 0. The molecule has 0 aromatic heterocycles. The van der Waals surface area contributed by atoms with E-state index in [1.807, 2.05) is 30.3 Å². The van der Waals surface area contributed by atoms with E-state index in [2.05, 4.69) is 53.6 Å². The van der Waals surface area contributed by atoms with Gasteiger partial charge in [-0.25, -0.2) is 0 Å². The number of rotatable bonds is 10. The third kappa shape index (κ3) is 8.00. The minimum absolute atomic E-state index is 0.0582. The number of carbonyl (C=O) groups excluding carboxylic acids is 3.